The highest BCUT2D eigenvalue weighted by Crippen LogP contribution is 2.28. The molecule has 0 fully saturated rings. The Morgan fingerprint density at radius 3 is 2.78 bits per heavy atom. The number of aromatic nitrogens is 2. The molecule has 0 saturated heterocycles. The van der Waals surface area contributed by atoms with Crippen molar-refractivity contribution in [1.82, 2.24) is 14.9 Å². The monoisotopic (exact) mass is 372 g/mol. The maximum Gasteiger partial charge on any atom is 0.120 e. The summed E-state index contributed by atoms with van der Waals surface area (Å²) in [6, 6.07) is 9.32. The van der Waals surface area contributed by atoms with Gasteiger partial charge in [0.2, 0.25) is 0 Å². The third-order valence-electron chi connectivity index (χ3n) is 3.39. The Morgan fingerprint density at radius 2 is 2.00 bits per heavy atom. The number of hydrogen-bond donors (Lipinski definition) is 2. The van der Waals surface area contributed by atoms with Crippen LogP contribution in [0.3, 0.4) is 0 Å². The van der Waals surface area contributed by atoms with Gasteiger partial charge in [0.25, 0.3) is 0 Å². The first-order valence-electron chi connectivity index (χ1n) is 7.17. The highest BCUT2D eigenvalue weighted by atomic mass is 79.9. The predicted molar refractivity (Wildman–Crippen MR) is 96.0 cm³/mol. The van der Waals surface area contributed by atoms with Gasteiger partial charge in [-0.15, -0.1) is 0 Å². The normalized spacial score (nSPS) is 11.1. The zero-order chi connectivity index (χ0) is 16.4. The standard InChI is InChI=1S/C17H17BrN4O/c1-22(2)10-11-7-13(3-4-16(11)23)21-14-5-6-19-15-8-12(18)9-20-17(14)15/h3-9,23H,10H2,1-2H3,(H,19,21). The Bertz CT molecular complexity index is 851. The summed E-state index contributed by atoms with van der Waals surface area (Å²) >= 11 is 3.41. The van der Waals surface area contributed by atoms with Crippen molar-refractivity contribution in [2.45, 2.75) is 6.54 Å². The second-order valence-electron chi connectivity index (χ2n) is 5.59. The summed E-state index contributed by atoms with van der Waals surface area (Å²) < 4.78 is 0.896. The lowest BCUT2D eigenvalue weighted by Crippen LogP contribution is -2.10. The van der Waals surface area contributed by atoms with E-state index in [4.69, 9.17) is 0 Å². The van der Waals surface area contributed by atoms with Gasteiger partial charge in [0, 0.05) is 34.7 Å². The first kappa shape index (κ1) is 15.7. The summed E-state index contributed by atoms with van der Waals surface area (Å²) in [4.78, 5) is 10.8. The number of nitrogens with one attached hydrogen (secondary N) is 1. The van der Waals surface area contributed by atoms with Gasteiger partial charge in [-0.25, -0.2) is 0 Å². The molecule has 118 valence electrons. The van der Waals surface area contributed by atoms with E-state index in [9.17, 15) is 5.11 Å². The number of halogens is 1. The number of benzene rings is 1. The van der Waals surface area contributed by atoms with Crippen LogP contribution in [0.1, 0.15) is 5.56 Å². The van der Waals surface area contributed by atoms with Crippen LogP contribution in [0.15, 0.2) is 47.2 Å². The minimum Gasteiger partial charge on any atom is -0.508 e. The summed E-state index contributed by atoms with van der Waals surface area (Å²) in [5, 5.41) is 13.3. The van der Waals surface area contributed by atoms with Crippen LogP contribution in [0.4, 0.5) is 11.4 Å². The largest absolute Gasteiger partial charge is 0.508 e. The second-order valence-corrected chi connectivity index (χ2v) is 6.50. The molecule has 0 bridgehead atoms. The molecule has 0 saturated carbocycles. The number of phenols is 1. The van der Waals surface area contributed by atoms with Crippen LogP contribution in [-0.2, 0) is 6.54 Å². The number of fused-ring (bicyclic) bond motifs is 1. The van der Waals surface area contributed by atoms with Crippen LogP contribution in [0.25, 0.3) is 11.0 Å². The molecule has 2 N–H and O–H groups in total. The highest BCUT2D eigenvalue weighted by molar-refractivity contribution is 9.10. The van der Waals surface area contributed by atoms with Gasteiger partial charge in [-0.1, -0.05) is 0 Å². The first-order chi connectivity index (χ1) is 11.0. The molecule has 0 radical (unpaired) electrons. The molecule has 1 aromatic carbocycles. The van der Waals surface area contributed by atoms with Gasteiger partial charge < -0.3 is 15.3 Å². The Kier molecular flexibility index (Phi) is 4.45. The molecule has 3 aromatic rings. The molecule has 23 heavy (non-hydrogen) atoms. The zero-order valence-electron chi connectivity index (χ0n) is 12.9. The fourth-order valence-electron chi connectivity index (χ4n) is 2.39. The second kappa shape index (κ2) is 6.52. The molecular formula is C17H17BrN4O. The molecule has 0 aliphatic heterocycles. The van der Waals surface area contributed by atoms with Gasteiger partial charge in [-0.3, -0.25) is 9.97 Å². The third kappa shape index (κ3) is 3.60. The lowest BCUT2D eigenvalue weighted by molar-refractivity contribution is 0.386. The van der Waals surface area contributed by atoms with E-state index in [1.807, 2.05) is 43.3 Å². The predicted octanol–water partition coefficient (Wildman–Crippen LogP) is 3.90. The molecule has 0 spiro atoms. The number of pyridine rings is 2. The highest BCUT2D eigenvalue weighted by Gasteiger charge is 2.07. The molecular weight excluding hydrogens is 356 g/mol. The average Bonchev–Trinajstić information content (AvgIpc) is 2.50. The van der Waals surface area contributed by atoms with Gasteiger partial charge in [0.05, 0.1) is 11.2 Å². The number of phenolic OH excluding ortho intramolecular Hbond substituents is 1. The third-order valence-corrected chi connectivity index (χ3v) is 3.82. The van der Waals surface area contributed by atoms with E-state index >= 15 is 0 Å². The van der Waals surface area contributed by atoms with Crippen molar-refractivity contribution in [2.75, 3.05) is 19.4 Å². The van der Waals surface area contributed by atoms with Crippen LogP contribution in [0, 0.1) is 0 Å². The van der Waals surface area contributed by atoms with Crippen molar-refractivity contribution >= 4 is 38.3 Å². The van der Waals surface area contributed by atoms with Crippen molar-refractivity contribution in [2.24, 2.45) is 0 Å². The van der Waals surface area contributed by atoms with E-state index in [1.54, 1.807) is 18.5 Å². The Balaban J connectivity index is 1.96. The summed E-state index contributed by atoms with van der Waals surface area (Å²) in [5.41, 5.74) is 4.27. The van der Waals surface area contributed by atoms with Crippen molar-refractivity contribution < 1.29 is 5.11 Å². The fourth-order valence-corrected chi connectivity index (χ4v) is 2.71. The van der Waals surface area contributed by atoms with E-state index in [-0.39, 0.29) is 0 Å². The Labute approximate surface area is 143 Å². The Morgan fingerprint density at radius 1 is 1.17 bits per heavy atom. The van der Waals surface area contributed by atoms with Gasteiger partial charge in [0.1, 0.15) is 11.3 Å². The molecule has 2 aromatic heterocycles. The molecule has 6 heteroatoms. The molecule has 0 atom stereocenters. The number of anilines is 2. The number of aromatic hydroxyl groups is 1. The lowest BCUT2D eigenvalue weighted by Gasteiger charge is -2.14. The molecule has 0 amide bonds. The topological polar surface area (TPSA) is 61.3 Å². The summed E-state index contributed by atoms with van der Waals surface area (Å²) in [6.45, 7) is 0.670. The summed E-state index contributed by atoms with van der Waals surface area (Å²) in [7, 11) is 3.94. The average molecular weight is 373 g/mol. The number of rotatable bonds is 4. The van der Waals surface area contributed by atoms with Crippen molar-refractivity contribution in [3.8, 4) is 5.75 Å². The maximum absolute atomic E-state index is 9.97. The Hall–Kier alpha value is -2.18. The van der Waals surface area contributed by atoms with Crippen LogP contribution < -0.4 is 5.32 Å². The van der Waals surface area contributed by atoms with E-state index in [0.29, 0.717) is 12.3 Å². The fraction of sp³-hybridized carbons (Fsp3) is 0.176. The van der Waals surface area contributed by atoms with Crippen molar-refractivity contribution in [3.63, 3.8) is 0 Å². The van der Waals surface area contributed by atoms with Crippen molar-refractivity contribution in [1.29, 1.82) is 0 Å². The van der Waals surface area contributed by atoms with E-state index < -0.39 is 0 Å². The van der Waals surface area contributed by atoms with Gasteiger partial charge in [-0.05, 0) is 60.4 Å². The van der Waals surface area contributed by atoms with Crippen LogP contribution in [-0.4, -0.2) is 34.1 Å². The van der Waals surface area contributed by atoms with E-state index in [0.717, 1.165) is 32.4 Å². The molecule has 2 heterocycles. The van der Waals surface area contributed by atoms with Crippen LogP contribution in [0.2, 0.25) is 0 Å². The smallest absolute Gasteiger partial charge is 0.120 e. The number of nitrogens with zero attached hydrogens (tertiary/aromatic N) is 3. The van der Waals surface area contributed by atoms with Gasteiger partial charge in [-0.2, -0.15) is 0 Å². The lowest BCUT2D eigenvalue weighted by atomic mass is 10.1. The van der Waals surface area contributed by atoms with Crippen molar-refractivity contribution in [3.05, 3.63) is 52.8 Å². The van der Waals surface area contributed by atoms with E-state index in [2.05, 4.69) is 31.2 Å². The summed E-state index contributed by atoms with van der Waals surface area (Å²) in [6.07, 6.45) is 3.50. The molecule has 0 unspecified atom stereocenters. The molecule has 5 nitrogen and oxygen atoms in total. The molecule has 0 aliphatic carbocycles. The quantitative estimate of drug-likeness (QED) is 0.680. The SMILES string of the molecule is CN(C)Cc1cc(Nc2ccnc3cc(Br)cnc23)ccc1O. The minimum absolute atomic E-state index is 0.297. The van der Waals surface area contributed by atoms with E-state index in [1.165, 1.54) is 0 Å². The summed E-state index contributed by atoms with van der Waals surface area (Å²) in [5.74, 6) is 0.297. The van der Waals surface area contributed by atoms with Gasteiger partial charge >= 0.3 is 0 Å². The zero-order valence-corrected chi connectivity index (χ0v) is 14.5. The number of hydrogen-bond acceptors (Lipinski definition) is 5. The molecule has 0 aliphatic rings. The van der Waals surface area contributed by atoms with Gasteiger partial charge in [0.15, 0.2) is 0 Å². The van der Waals surface area contributed by atoms with Crippen LogP contribution >= 0.6 is 15.9 Å². The minimum atomic E-state index is 0.297. The molecule has 3 rings (SSSR count). The van der Waals surface area contributed by atoms with Crippen LogP contribution in [0.5, 0.6) is 5.75 Å². The maximum atomic E-state index is 9.97. The first-order valence-corrected chi connectivity index (χ1v) is 7.96.